The van der Waals surface area contributed by atoms with Crippen molar-refractivity contribution in [3.63, 3.8) is 0 Å². The molecule has 2 heterocycles. The molecule has 5 nitrogen and oxygen atoms in total. The smallest absolute Gasteiger partial charge is 0.285 e. The molecule has 0 unspecified atom stereocenters. The molecule has 0 radical (unpaired) electrons. The van der Waals surface area contributed by atoms with Gasteiger partial charge in [0.05, 0.1) is 0 Å². The van der Waals surface area contributed by atoms with Crippen molar-refractivity contribution in [3.8, 4) is 11.7 Å². The zero-order valence-electron chi connectivity index (χ0n) is 7.14. The summed E-state index contributed by atoms with van der Waals surface area (Å²) < 4.78 is 4.97. The summed E-state index contributed by atoms with van der Waals surface area (Å²) in [5.74, 6) is 0.840. The number of rotatable bonds is 2. The summed E-state index contributed by atoms with van der Waals surface area (Å²) in [5, 5.41) is 7.28. The Kier molecular flexibility index (Phi) is 1.99. The number of hydrogen-bond donors (Lipinski definition) is 0. The summed E-state index contributed by atoms with van der Waals surface area (Å²) in [6.45, 7) is 2.03. The quantitative estimate of drug-likeness (QED) is 0.685. The van der Waals surface area contributed by atoms with Crippen molar-refractivity contribution < 1.29 is 4.42 Å². The highest BCUT2D eigenvalue weighted by atomic mass is 16.4. The van der Waals surface area contributed by atoms with Crippen molar-refractivity contribution in [2.24, 2.45) is 0 Å². The molecule has 2 aromatic heterocycles. The molecular formula is C8H8N4O. The fourth-order valence-electron chi connectivity index (χ4n) is 0.967. The van der Waals surface area contributed by atoms with Gasteiger partial charge in [-0.3, -0.25) is 0 Å². The topological polar surface area (TPSA) is 64.7 Å². The van der Waals surface area contributed by atoms with E-state index in [2.05, 4.69) is 20.2 Å². The minimum absolute atomic E-state index is 0.357. The van der Waals surface area contributed by atoms with Crippen LogP contribution < -0.4 is 0 Å². The molecule has 0 bridgehead atoms. The van der Waals surface area contributed by atoms with Crippen LogP contribution in [0, 0.1) is 0 Å². The third kappa shape index (κ3) is 1.53. The molecule has 0 N–H and O–H groups in total. The lowest BCUT2D eigenvalue weighted by atomic mass is 10.3. The first-order chi connectivity index (χ1) is 6.40. The molecular weight excluding hydrogens is 168 g/mol. The van der Waals surface area contributed by atoms with Gasteiger partial charge >= 0.3 is 0 Å². The lowest BCUT2D eigenvalue weighted by Crippen LogP contribution is -1.93. The molecule has 0 aliphatic rings. The van der Waals surface area contributed by atoms with E-state index >= 15 is 0 Å². The summed E-state index contributed by atoms with van der Waals surface area (Å²) >= 11 is 0. The second-order valence-electron chi connectivity index (χ2n) is 2.47. The first-order valence-electron chi connectivity index (χ1n) is 3.98. The van der Waals surface area contributed by atoms with Crippen LogP contribution in [0.1, 0.15) is 12.6 Å². The van der Waals surface area contributed by atoms with Crippen LogP contribution >= 0.6 is 0 Å². The van der Waals surface area contributed by atoms with E-state index in [4.69, 9.17) is 4.42 Å². The molecule has 0 saturated carbocycles. The van der Waals surface area contributed by atoms with Crippen molar-refractivity contribution in [2.75, 3.05) is 0 Å². The van der Waals surface area contributed by atoms with E-state index in [1.807, 2.05) is 13.0 Å². The summed E-state index contributed by atoms with van der Waals surface area (Å²) in [4.78, 5) is 8.25. The highest BCUT2D eigenvalue weighted by Gasteiger charge is 2.06. The van der Waals surface area contributed by atoms with Gasteiger partial charge < -0.3 is 4.42 Å². The van der Waals surface area contributed by atoms with Gasteiger partial charge in [-0.05, 0) is 12.5 Å². The Balaban J connectivity index is 2.41. The molecule has 0 atom stereocenters. The summed E-state index contributed by atoms with van der Waals surface area (Å²) in [6, 6.07) is 1.86. The average Bonchev–Trinajstić information content (AvgIpc) is 2.71. The Morgan fingerprint density at radius 2 is 2.38 bits per heavy atom. The standard InChI is InChI=1S/C8H8N4O/c1-2-6-3-4-9-7(11-6)8-12-10-5-13-8/h3-5H,2H2,1H3. The van der Waals surface area contributed by atoms with Crippen molar-refractivity contribution in [1.82, 2.24) is 20.2 Å². The van der Waals surface area contributed by atoms with Gasteiger partial charge in [-0.25, -0.2) is 9.97 Å². The maximum absolute atomic E-state index is 4.97. The molecule has 2 aromatic rings. The zero-order chi connectivity index (χ0) is 9.10. The highest BCUT2D eigenvalue weighted by molar-refractivity contribution is 5.38. The first kappa shape index (κ1) is 7.85. The minimum Gasteiger partial charge on any atom is -0.421 e. The monoisotopic (exact) mass is 176 g/mol. The molecule has 0 aliphatic carbocycles. The van der Waals surface area contributed by atoms with Gasteiger partial charge in [0.1, 0.15) is 0 Å². The fourth-order valence-corrected chi connectivity index (χ4v) is 0.967. The Morgan fingerprint density at radius 1 is 1.46 bits per heavy atom. The van der Waals surface area contributed by atoms with Gasteiger partial charge in [0.2, 0.25) is 12.2 Å². The van der Waals surface area contributed by atoms with Crippen molar-refractivity contribution >= 4 is 0 Å². The summed E-state index contributed by atoms with van der Waals surface area (Å²) in [5.41, 5.74) is 0.961. The van der Waals surface area contributed by atoms with Crippen LogP contribution in [0.4, 0.5) is 0 Å². The maximum atomic E-state index is 4.97. The summed E-state index contributed by atoms with van der Waals surface area (Å²) in [7, 11) is 0. The minimum atomic E-state index is 0.357. The molecule has 2 rings (SSSR count). The largest absolute Gasteiger partial charge is 0.421 e. The number of aromatic nitrogens is 4. The molecule has 5 heteroatoms. The van der Waals surface area contributed by atoms with Gasteiger partial charge in [0.25, 0.3) is 5.89 Å². The van der Waals surface area contributed by atoms with Gasteiger partial charge in [0.15, 0.2) is 0 Å². The van der Waals surface area contributed by atoms with E-state index in [9.17, 15) is 0 Å². The molecule has 0 amide bonds. The fraction of sp³-hybridized carbons (Fsp3) is 0.250. The second-order valence-corrected chi connectivity index (χ2v) is 2.47. The van der Waals surface area contributed by atoms with Crippen LogP contribution in [0.15, 0.2) is 23.1 Å². The van der Waals surface area contributed by atoms with E-state index in [1.54, 1.807) is 6.20 Å². The molecule has 0 aromatic carbocycles. The van der Waals surface area contributed by atoms with E-state index in [-0.39, 0.29) is 0 Å². The van der Waals surface area contributed by atoms with Crippen molar-refractivity contribution in [3.05, 3.63) is 24.4 Å². The van der Waals surface area contributed by atoms with Crippen molar-refractivity contribution in [2.45, 2.75) is 13.3 Å². The lowest BCUT2D eigenvalue weighted by Gasteiger charge is -1.95. The van der Waals surface area contributed by atoms with E-state index in [0.717, 1.165) is 12.1 Å². The molecule has 0 aliphatic heterocycles. The van der Waals surface area contributed by atoms with Gasteiger partial charge in [-0.1, -0.05) is 6.92 Å². The Hall–Kier alpha value is -1.78. The average molecular weight is 176 g/mol. The van der Waals surface area contributed by atoms with Crippen LogP contribution in [-0.2, 0) is 6.42 Å². The predicted octanol–water partition coefficient (Wildman–Crippen LogP) is 1.09. The van der Waals surface area contributed by atoms with Crippen LogP contribution in [0.3, 0.4) is 0 Å². The van der Waals surface area contributed by atoms with Crippen LogP contribution in [0.5, 0.6) is 0 Å². The zero-order valence-corrected chi connectivity index (χ0v) is 7.14. The SMILES string of the molecule is CCc1ccnc(-c2nnco2)n1. The van der Waals surface area contributed by atoms with Crippen LogP contribution in [-0.4, -0.2) is 20.2 Å². The van der Waals surface area contributed by atoms with Gasteiger partial charge in [0, 0.05) is 11.9 Å². The molecule has 66 valence electrons. The van der Waals surface area contributed by atoms with Crippen LogP contribution in [0.25, 0.3) is 11.7 Å². The molecule has 0 spiro atoms. The lowest BCUT2D eigenvalue weighted by molar-refractivity contribution is 0.563. The number of nitrogens with zero attached hydrogens (tertiary/aromatic N) is 4. The van der Waals surface area contributed by atoms with Crippen molar-refractivity contribution in [1.29, 1.82) is 0 Å². The third-order valence-electron chi connectivity index (χ3n) is 1.63. The predicted molar refractivity (Wildman–Crippen MR) is 44.7 cm³/mol. The number of hydrogen-bond acceptors (Lipinski definition) is 5. The van der Waals surface area contributed by atoms with E-state index < -0.39 is 0 Å². The Bertz CT molecular complexity index is 385. The van der Waals surface area contributed by atoms with E-state index in [1.165, 1.54) is 6.39 Å². The third-order valence-corrected chi connectivity index (χ3v) is 1.63. The Labute approximate surface area is 74.9 Å². The molecule has 0 fully saturated rings. The Morgan fingerprint density at radius 3 is 3.08 bits per heavy atom. The normalized spacial score (nSPS) is 10.2. The number of aryl methyl sites for hydroxylation is 1. The van der Waals surface area contributed by atoms with Crippen LogP contribution in [0.2, 0.25) is 0 Å². The first-order valence-corrected chi connectivity index (χ1v) is 3.98. The molecule has 13 heavy (non-hydrogen) atoms. The highest BCUT2D eigenvalue weighted by Crippen LogP contribution is 2.09. The maximum Gasteiger partial charge on any atom is 0.285 e. The summed E-state index contributed by atoms with van der Waals surface area (Å²) in [6.07, 6.45) is 3.81. The molecule has 0 saturated heterocycles. The second kappa shape index (κ2) is 3.30. The van der Waals surface area contributed by atoms with E-state index in [0.29, 0.717) is 11.7 Å². The van der Waals surface area contributed by atoms with Gasteiger partial charge in [-0.2, -0.15) is 0 Å². The van der Waals surface area contributed by atoms with Gasteiger partial charge in [-0.15, -0.1) is 10.2 Å².